The van der Waals surface area contributed by atoms with Gasteiger partial charge in [-0.2, -0.15) is 0 Å². The molecule has 2 nitrogen and oxygen atoms in total. The summed E-state index contributed by atoms with van der Waals surface area (Å²) >= 11 is 14.0. The highest BCUT2D eigenvalue weighted by molar-refractivity contribution is 6.33. The monoisotopic (exact) mass is 360 g/mol. The third kappa shape index (κ3) is 2.08. The van der Waals surface area contributed by atoms with Crippen LogP contribution in [-0.4, -0.2) is 32.7 Å². The normalized spacial score (nSPS) is 62.3. The first-order valence-electron chi connectivity index (χ1n) is 9.41. The Kier molecular flexibility index (Phi) is 3.87. The predicted molar refractivity (Wildman–Crippen MR) is 93.9 cm³/mol. The highest BCUT2D eigenvalue weighted by Crippen LogP contribution is 2.69. The van der Waals surface area contributed by atoms with Crippen LogP contribution < -0.4 is 0 Å². The molecule has 0 spiro atoms. The third-order valence-electron chi connectivity index (χ3n) is 8.66. The Hall–Kier alpha value is 0.500. The second-order valence-electron chi connectivity index (χ2n) is 9.39. The second-order valence-corrected chi connectivity index (χ2v) is 10.6. The molecule has 23 heavy (non-hydrogen) atoms. The van der Waals surface area contributed by atoms with Gasteiger partial charge in [-0.25, -0.2) is 0 Å². The first-order valence-corrected chi connectivity index (χ1v) is 10.2. The van der Waals surface area contributed by atoms with Crippen LogP contribution in [0.2, 0.25) is 0 Å². The fraction of sp³-hybridized carbons (Fsp3) is 1.00. The van der Waals surface area contributed by atoms with E-state index in [0.717, 1.165) is 44.9 Å². The van der Waals surface area contributed by atoms with Gasteiger partial charge in [0.05, 0.1) is 22.5 Å². The number of hydrogen-bond donors (Lipinski definition) is 2. The van der Waals surface area contributed by atoms with E-state index < -0.39 is 4.87 Å². The van der Waals surface area contributed by atoms with Crippen molar-refractivity contribution < 1.29 is 10.2 Å². The lowest BCUT2D eigenvalue weighted by atomic mass is 9.44. The van der Waals surface area contributed by atoms with Gasteiger partial charge in [0.15, 0.2) is 0 Å². The Balaban J connectivity index is 1.71. The molecule has 0 saturated heterocycles. The van der Waals surface area contributed by atoms with E-state index >= 15 is 0 Å². The number of alkyl halides is 2. The lowest BCUT2D eigenvalue weighted by molar-refractivity contribution is -0.122. The average Bonchev–Trinajstić information content (AvgIpc) is 2.79. The average molecular weight is 361 g/mol. The molecular weight excluding hydrogens is 331 g/mol. The molecule has 0 amide bonds. The van der Waals surface area contributed by atoms with E-state index in [4.69, 9.17) is 23.2 Å². The van der Waals surface area contributed by atoms with Gasteiger partial charge in [0.1, 0.15) is 0 Å². The molecule has 0 aliphatic heterocycles. The number of fused-ring (bicyclic) bond motifs is 5. The number of rotatable bonds is 0. The molecule has 132 valence electrons. The minimum atomic E-state index is -0.474. The third-order valence-corrected chi connectivity index (χ3v) is 10.2. The molecule has 9 atom stereocenters. The quantitative estimate of drug-likeness (QED) is 0.631. The van der Waals surface area contributed by atoms with E-state index in [-0.39, 0.29) is 28.4 Å². The second kappa shape index (κ2) is 5.25. The Bertz CT molecular complexity index is 500. The lowest BCUT2D eigenvalue weighted by Crippen LogP contribution is -2.65. The topological polar surface area (TPSA) is 40.5 Å². The van der Waals surface area contributed by atoms with Gasteiger partial charge >= 0.3 is 0 Å². The van der Waals surface area contributed by atoms with Gasteiger partial charge in [0.2, 0.25) is 0 Å². The van der Waals surface area contributed by atoms with Gasteiger partial charge in [0, 0.05) is 0 Å². The summed E-state index contributed by atoms with van der Waals surface area (Å²) in [5.41, 5.74) is 0.0899. The molecule has 0 radical (unpaired) electrons. The van der Waals surface area contributed by atoms with Crippen molar-refractivity contribution in [3.63, 3.8) is 0 Å². The Morgan fingerprint density at radius 2 is 1.70 bits per heavy atom. The fourth-order valence-electron chi connectivity index (χ4n) is 7.14. The summed E-state index contributed by atoms with van der Waals surface area (Å²) in [6.45, 7) is 4.64. The highest BCUT2D eigenvalue weighted by Gasteiger charge is 2.67. The Morgan fingerprint density at radius 1 is 0.957 bits per heavy atom. The summed E-state index contributed by atoms with van der Waals surface area (Å²) in [6.07, 6.45) is 7.30. The summed E-state index contributed by atoms with van der Waals surface area (Å²) in [6, 6.07) is 0. The van der Waals surface area contributed by atoms with Crippen molar-refractivity contribution in [1.82, 2.24) is 0 Å². The number of aliphatic hydroxyl groups is 2. The standard InChI is InChI=1S/C19H30Cl2O2/c1-17-7-6-14-12(13(17)3-4-16(17)23)9-15(20)19(21)10-11(22)5-8-18(14,19)2/h11-16,22-23H,3-10H2,1-2H3/t11-,12+,13+,14+,15+,16-,17-,18+,19-/m0/s1. The van der Waals surface area contributed by atoms with Crippen molar-refractivity contribution >= 4 is 23.2 Å². The zero-order valence-corrected chi connectivity index (χ0v) is 15.8. The van der Waals surface area contributed by atoms with Crippen LogP contribution in [0.4, 0.5) is 0 Å². The van der Waals surface area contributed by atoms with Crippen LogP contribution >= 0.6 is 23.2 Å². The largest absolute Gasteiger partial charge is 0.393 e. The summed E-state index contributed by atoms with van der Waals surface area (Å²) in [5.74, 6) is 1.76. The van der Waals surface area contributed by atoms with Crippen LogP contribution in [0, 0.1) is 28.6 Å². The molecule has 4 aliphatic carbocycles. The maximum Gasteiger partial charge on any atom is 0.0690 e. The molecule has 0 unspecified atom stereocenters. The SMILES string of the molecule is C[C@]12CC[C@@H]3[C@H](C[C@@H](Cl)[C@@]4(Cl)C[C@@H](O)CC[C@]34C)[C@H]1CC[C@@H]2O. The van der Waals surface area contributed by atoms with Crippen molar-refractivity contribution in [3.05, 3.63) is 0 Å². The van der Waals surface area contributed by atoms with Gasteiger partial charge < -0.3 is 10.2 Å². The van der Waals surface area contributed by atoms with Gasteiger partial charge in [-0.05, 0) is 80.0 Å². The zero-order valence-electron chi connectivity index (χ0n) is 14.3. The van der Waals surface area contributed by atoms with Gasteiger partial charge in [-0.3, -0.25) is 0 Å². The van der Waals surface area contributed by atoms with Crippen LogP contribution in [0.5, 0.6) is 0 Å². The number of hydrogen-bond acceptors (Lipinski definition) is 2. The molecule has 4 saturated carbocycles. The van der Waals surface area contributed by atoms with Crippen molar-refractivity contribution in [2.24, 2.45) is 28.6 Å². The highest BCUT2D eigenvalue weighted by atomic mass is 35.5. The van der Waals surface area contributed by atoms with Crippen LogP contribution in [0.1, 0.15) is 65.2 Å². The van der Waals surface area contributed by atoms with Crippen LogP contribution in [0.3, 0.4) is 0 Å². The number of aliphatic hydroxyl groups excluding tert-OH is 2. The van der Waals surface area contributed by atoms with Crippen molar-refractivity contribution in [1.29, 1.82) is 0 Å². The summed E-state index contributed by atoms with van der Waals surface area (Å²) < 4.78 is 0. The molecular formula is C19H30Cl2O2. The smallest absolute Gasteiger partial charge is 0.0690 e. The van der Waals surface area contributed by atoms with E-state index in [1.165, 1.54) is 0 Å². The number of halogens is 2. The molecule has 4 rings (SSSR count). The van der Waals surface area contributed by atoms with Crippen LogP contribution in [-0.2, 0) is 0 Å². The maximum absolute atomic E-state index is 10.5. The molecule has 0 aromatic rings. The fourth-order valence-corrected chi connectivity index (χ4v) is 8.18. The van der Waals surface area contributed by atoms with E-state index in [1.54, 1.807) is 0 Å². The molecule has 0 aromatic carbocycles. The summed E-state index contributed by atoms with van der Waals surface area (Å²) in [4.78, 5) is -0.474. The first-order chi connectivity index (χ1) is 10.7. The van der Waals surface area contributed by atoms with Crippen molar-refractivity contribution in [2.45, 2.75) is 87.7 Å². The molecule has 0 bridgehead atoms. The summed E-state index contributed by atoms with van der Waals surface area (Å²) in [7, 11) is 0. The Morgan fingerprint density at radius 3 is 2.43 bits per heavy atom. The van der Waals surface area contributed by atoms with Crippen LogP contribution in [0.15, 0.2) is 0 Å². The van der Waals surface area contributed by atoms with Crippen LogP contribution in [0.25, 0.3) is 0 Å². The molecule has 0 heterocycles. The van der Waals surface area contributed by atoms with E-state index in [0.29, 0.717) is 24.2 Å². The van der Waals surface area contributed by atoms with E-state index in [9.17, 15) is 10.2 Å². The minimum Gasteiger partial charge on any atom is -0.393 e. The molecule has 4 heteroatoms. The summed E-state index contributed by atoms with van der Waals surface area (Å²) in [5, 5.41) is 20.6. The molecule has 4 fully saturated rings. The Labute approximate surface area is 149 Å². The van der Waals surface area contributed by atoms with Gasteiger partial charge in [0.25, 0.3) is 0 Å². The molecule has 0 aromatic heterocycles. The van der Waals surface area contributed by atoms with Crippen molar-refractivity contribution in [3.8, 4) is 0 Å². The first kappa shape index (κ1) is 16.9. The van der Waals surface area contributed by atoms with Gasteiger partial charge in [-0.1, -0.05) is 13.8 Å². The zero-order chi connectivity index (χ0) is 16.6. The predicted octanol–water partition coefficient (Wildman–Crippen LogP) is 4.33. The minimum absolute atomic E-state index is 0.0119. The molecule has 4 aliphatic rings. The van der Waals surface area contributed by atoms with Crippen molar-refractivity contribution in [2.75, 3.05) is 0 Å². The lowest BCUT2D eigenvalue weighted by Gasteiger charge is -2.65. The van der Waals surface area contributed by atoms with E-state index in [1.807, 2.05) is 0 Å². The maximum atomic E-state index is 10.5. The van der Waals surface area contributed by atoms with E-state index in [2.05, 4.69) is 13.8 Å². The molecule has 2 N–H and O–H groups in total. The van der Waals surface area contributed by atoms with Gasteiger partial charge in [-0.15, -0.1) is 23.2 Å².